The highest BCUT2D eigenvalue weighted by Gasteiger charge is 2.31. The summed E-state index contributed by atoms with van der Waals surface area (Å²) in [5.41, 5.74) is 0. The first-order chi connectivity index (χ1) is 5.27. The summed E-state index contributed by atoms with van der Waals surface area (Å²) >= 11 is 6.59. The maximum absolute atomic E-state index is 6.59. The zero-order valence-corrected chi connectivity index (χ0v) is 9.29. The molecule has 0 spiro atoms. The second kappa shape index (κ2) is 4.51. The third kappa shape index (κ3) is 3.16. The van der Waals surface area contributed by atoms with E-state index in [2.05, 4.69) is 6.92 Å². The quantitative estimate of drug-likeness (QED) is 0.463. The van der Waals surface area contributed by atoms with Gasteiger partial charge in [0.05, 0.1) is 0 Å². The Hall–Kier alpha value is 0.507. The first-order valence-electron chi connectivity index (χ1n) is 4.96. The van der Waals surface area contributed by atoms with Crippen LogP contribution in [0.15, 0.2) is 0 Å². The predicted molar refractivity (Wildman–Crippen MR) is 54.8 cm³/mol. The Morgan fingerprint density at radius 3 is 2.36 bits per heavy atom. The lowest BCUT2D eigenvalue weighted by molar-refractivity contribution is 0.708. The molecule has 1 aliphatic heterocycles. The number of hydrogen-bond donors (Lipinski definition) is 0. The van der Waals surface area contributed by atoms with Crippen molar-refractivity contribution in [2.24, 2.45) is 0 Å². The molecule has 0 unspecified atom stereocenters. The first-order valence-corrected chi connectivity index (χ1v) is 8.59. The molecule has 1 saturated heterocycles. The molecule has 0 bridgehead atoms. The fraction of sp³-hybridized carbons (Fsp3) is 1.00. The third-order valence-electron chi connectivity index (χ3n) is 2.73. The van der Waals surface area contributed by atoms with Gasteiger partial charge in [-0.15, -0.1) is 0 Å². The van der Waals surface area contributed by atoms with E-state index in [4.69, 9.17) is 11.1 Å². The van der Waals surface area contributed by atoms with E-state index < -0.39 is 7.38 Å². The molecule has 0 nitrogen and oxygen atoms in total. The van der Waals surface area contributed by atoms with Crippen LogP contribution in [0.5, 0.6) is 0 Å². The molecule has 0 amide bonds. The summed E-state index contributed by atoms with van der Waals surface area (Å²) in [5, 5.41) is 0. The minimum atomic E-state index is -1.19. The molecule has 1 heterocycles. The van der Waals surface area contributed by atoms with Crippen molar-refractivity contribution in [2.45, 2.75) is 57.2 Å². The molecule has 1 fully saturated rings. The Bertz CT molecular complexity index is 108. The van der Waals surface area contributed by atoms with Gasteiger partial charge in [0.2, 0.25) is 0 Å². The normalized spacial score (nSPS) is 23.5. The van der Waals surface area contributed by atoms with Gasteiger partial charge in [0, 0.05) is 0 Å². The maximum atomic E-state index is 6.59. The monoisotopic (exact) mass is 190 g/mol. The molecule has 2 heteroatoms. The van der Waals surface area contributed by atoms with Crippen LogP contribution in [0.4, 0.5) is 0 Å². The van der Waals surface area contributed by atoms with Gasteiger partial charge in [-0.05, 0) is 18.1 Å². The molecule has 0 aromatic heterocycles. The van der Waals surface area contributed by atoms with Gasteiger partial charge in [-0.25, -0.2) is 0 Å². The molecule has 1 aliphatic rings. The lowest BCUT2D eigenvalue weighted by Crippen LogP contribution is -2.28. The fourth-order valence-corrected chi connectivity index (χ4v) is 6.64. The van der Waals surface area contributed by atoms with Gasteiger partial charge in [0.1, 0.15) is 0 Å². The minimum Gasteiger partial charge on any atom is -0.167 e. The summed E-state index contributed by atoms with van der Waals surface area (Å²) in [7, 11) is -1.19. The van der Waals surface area contributed by atoms with E-state index in [9.17, 15) is 0 Å². The molecular weight excluding hydrogens is 172 g/mol. The molecule has 66 valence electrons. The molecule has 0 radical (unpaired) electrons. The highest BCUT2D eigenvalue weighted by atomic mass is 35.6. The van der Waals surface area contributed by atoms with Gasteiger partial charge in [-0.2, -0.15) is 11.1 Å². The van der Waals surface area contributed by atoms with Crippen molar-refractivity contribution in [2.75, 3.05) is 0 Å². The Kier molecular flexibility index (Phi) is 3.94. The van der Waals surface area contributed by atoms with Gasteiger partial charge < -0.3 is 0 Å². The van der Waals surface area contributed by atoms with E-state index in [0.717, 1.165) is 0 Å². The summed E-state index contributed by atoms with van der Waals surface area (Å²) in [6.45, 7) is 2.26. The molecule has 0 saturated carbocycles. The molecule has 0 aromatic rings. The molecule has 11 heavy (non-hydrogen) atoms. The van der Waals surface area contributed by atoms with Gasteiger partial charge >= 0.3 is 0 Å². The van der Waals surface area contributed by atoms with Crippen LogP contribution in [0.1, 0.15) is 39.0 Å². The lowest BCUT2D eigenvalue weighted by Gasteiger charge is -2.28. The fourth-order valence-electron chi connectivity index (χ4n) is 1.93. The van der Waals surface area contributed by atoms with Crippen LogP contribution < -0.4 is 0 Å². The Labute approximate surface area is 76.0 Å². The van der Waals surface area contributed by atoms with Gasteiger partial charge in [-0.3, -0.25) is 0 Å². The number of rotatable bonds is 3. The second-order valence-electron chi connectivity index (χ2n) is 3.82. The molecule has 0 aromatic carbocycles. The van der Waals surface area contributed by atoms with Crippen molar-refractivity contribution in [3.05, 3.63) is 0 Å². The van der Waals surface area contributed by atoms with Crippen molar-refractivity contribution >= 4 is 18.5 Å². The zero-order valence-electron chi connectivity index (χ0n) is 7.53. The summed E-state index contributed by atoms with van der Waals surface area (Å²) in [5.74, 6) is 0. The van der Waals surface area contributed by atoms with E-state index >= 15 is 0 Å². The van der Waals surface area contributed by atoms with Crippen LogP contribution in [-0.2, 0) is 0 Å². The third-order valence-corrected chi connectivity index (χ3v) is 8.18. The Morgan fingerprint density at radius 2 is 1.82 bits per heavy atom. The lowest BCUT2D eigenvalue weighted by atomic mass is 10.3. The maximum Gasteiger partial charge on any atom is 0.156 e. The molecular formula is C9H19ClSi. The van der Waals surface area contributed by atoms with E-state index in [1.807, 2.05) is 0 Å². The standard InChI is InChI=1S/C9H19ClSi/c1-2-3-7-11(10)8-5-4-6-9-11/h2-9H2,1H3. The van der Waals surface area contributed by atoms with Crippen molar-refractivity contribution in [1.29, 1.82) is 0 Å². The topological polar surface area (TPSA) is 0 Å². The minimum absolute atomic E-state index is 1.19. The molecule has 0 atom stereocenters. The van der Waals surface area contributed by atoms with Crippen molar-refractivity contribution in [3.8, 4) is 0 Å². The molecule has 0 N–H and O–H groups in total. The average molecular weight is 191 g/mol. The molecule has 1 rings (SSSR count). The highest BCUT2D eigenvalue weighted by molar-refractivity contribution is 7.20. The summed E-state index contributed by atoms with van der Waals surface area (Å²) in [4.78, 5) is 0. The van der Waals surface area contributed by atoms with Crippen LogP contribution in [0.3, 0.4) is 0 Å². The van der Waals surface area contributed by atoms with Crippen LogP contribution in [0, 0.1) is 0 Å². The highest BCUT2D eigenvalue weighted by Crippen LogP contribution is 2.35. The Morgan fingerprint density at radius 1 is 1.18 bits per heavy atom. The largest absolute Gasteiger partial charge is 0.167 e. The number of hydrogen-bond acceptors (Lipinski definition) is 0. The van der Waals surface area contributed by atoms with E-state index in [1.54, 1.807) is 0 Å². The van der Waals surface area contributed by atoms with Gasteiger partial charge in [-0.1, -0.05) is 39.0 Å². The SMILES string of the molecule is CCCC[Si]1(Cl)CCCCC1. The predicted octanol–water partition coefficient (Wildman–Crippen LogP) is 4.15. The zero-order chi connectivity index (χ0) is 8.16. The van der Waals surface area contributed by atoms with E-state index in [1.165, 1.54) is 50.2 Å². The Balaban J connectivity index is 2.25. The van der Waals surface area contributed by atoms with E-state index in [0.29, 0.717) is 0 Å². The second-order valence-corrected chi connectivity index (χ2v) is 10.0. The summed E-state index contributed by atoms with van der Waals surface area (Å²) in [6, 6.07) is 4.17. The smallest absolute Gasteiger partial charge is 0.156 e. The van der Waals surface area contributed by atoms with Crippen LogP contribution in [-0.4, -0.2) is 7.38 Å². The summed E-state index contributed by atoms with van der Waals surface area (Å²) in [6.07, 6.45) is 6.96. The number of unbranched alkanes of at least 4 members (excludes halogenated alkanes) is 1. The van der Waals surface area contributed by atoms with Crippen molar-refractivity contribution in [1.82, 2.24) is 0 Å². The first kappa shape index (κ1) is 9.59. The van der Waals surface area contributed by atoms with Crippen molar-refractivity contribution in [3.63, 3.8) is 0 Å². The van der Waals surface area contributed by atoms with Gasteiger partial charge in [0.15, 0.2) is 7.38 Å². The van der Waals surface area contributed by atoms with Crippen molar-refractivity contribution < 1.29 is 0 Å². The van der Waals surface area contributed by atoms with E-state index in [-0.39, 0.29) is 0 Å². The van der Waals surface area contributed by atoms with Crippen LogP contribution >= 0.6 is 11.1 Å². The molecule has 0 aliphatic carbocycles. The van der Waals surface area contributed by atoms with Crippen LogP contribution in [0.2, 0.25) is 18.1 Å². The number of halogens is 1. The van der Waals surface area contributed by atoms with Gasteiger partial charge in [0.25, 0.3) is 0 Å². The average Bonchev–Trinajstić information content (AvgIpc) is 2.03. The summed E-state index contributed by atoms with van der Waals surface area (Å²) < 4.78 is 0. The van der Waals surface area contributed by atoms with Crippen LogP contribution in [0.25, 0.3) is 0 Å².